The third-order valence-corrected chi connectivity index (χ3v) is 3.66. The number of ether oxygens (including phenoxy) is 1. The third-order valence-electron chi connectivity index (χ3n) is 1.92. The number of hydrogen-bond acceptors (Lipinski definition) is 4. The van der Waals surface area contributed by atoms with Gasteiger partial charge in [-0.25, -0.2) is 13.4 Å². The van der Waals surface area contributed by atoms with E-state index >= 15 is 0 Å². The Kier molecular flexibility index (Phi) is 5.05. The standard InChI is InChI=1S/C8H3BrClF6NO3S/c9-2-4-5(20-8(14,15)16)1-3(7(11,12)13)6(17-4)21(10,18)19/h1H,2H2. The van der Waals surface area contributed by atoms with Crippen molar-refractivity contribution in [2.45, 2.75) is 22.9 Å². The van der Waals surface area contributed by atoms with Crippen LogP contribution >= 0.6 is 26.6 Å². The molecule has 0 radical (unpaired) electrons. The minimum atomic E-state index is -5.29. The second-order valence-corrected chi connectivity index (χ2v) is 6.44. The van der Waals surface area contributed by atoms with Crippen molar-refractivity contribution in [3.63, 3.8) is 0 Å². The summed E-state index contributed by atoms with van der Waals surface area (Å²) in [6, 6.07) is -0.119. The first-order valence-corrected chi connectivity index (χ1v) is 8.06. The summed E-state index contributed by atoms with van der Waals surface area (Å²) in [6.07, 6.45) is -10.6. The maximum atomic E-state index is 12.7. The Bertz CT molecular complexity index is 645. The lowest BCUT2D eigenvalue weighted by molar-refractivity contribution is -0.275. The number of pyridine rings is 1. The van der Waals surface area contributed by atoms with Crippen molar-refractivity contribution >= 4 is 35.7 Å². The van der Waals surface area contributed by atoms with Crippen molar-refractivity contribution in [1.82, 2.24) is 4.98 Å². The van der Waals surface area contributed by atoms with Crippen molar-refractivity contribution in [2.24, 2.45) is 0 Å². The van der Waals surface area contributed by atoms with Crippen LogP contribution < -0.4 is 4.74 Å². The van der Waals surface area contributed by atoms with Crippen molar-refractivity contribution in [3.05, 3.63) is 17.3 Å². The Morgan fingerprint density at radius 2 is 1.76 bits per heavy atom. The highest BCUT2D eigenvalue weighted by Gasteiger charge is 2.41. The van der Waals surface area contributed by atoms with Crippen LogP contribution in [0.1, 0.15) is 11.3 Å². The molecule has 1 rings (SSSR count). The molecule has 120 valence electrons. The quantitative estimate of drug-likeness (QED) is 0.422. The second kappa shape index (κ2) is 5.80. The number of aromatic nitrogens is 1. The Labute approximate surface area is 126 Å². The smallest absolute Gasteiger partial charge is 0.404 e. The first kappa shape index (κ1) is 18.3. The highest BCUT2D eigenvalue weighted by atomic mass is 79.9. The van der Waals surface area contributed by atoms with Crippen LogP contribution in [-0.2, 0) is 20.6 Å². The molecule has 0 unspecified atom stereocenters. The molecule has 21 heavy (non-hydrogen) atoms. The van der Waals surface area contributed by atoms with Crippen molar-refractivity contribution < 1.29 is 39.5 Å². The lowest BCUT2D eigenvalue weighted by Gasteiger charge is -2.16. The molecule has 0 amide bonds. The van der Waals surface area contributed by atoms with Crippen molar-refractivity contribution in [3.8, 4) is 5.75 Å². The molecule has 0 aliphatic heterocycles. The fourth-order valence-corrected chi connectivity index (χ4v) is 2.62. The highest BCUT2D eigenvalue weighted by Crippen LogP contribution is 2.39. The average molecular weight is 423 g/mol. The number of halogens is 8. The van der Waals surface area contributed by atoms with Gasteiger partial charge in [0.25, 0.3) is 9.05 Å². The van der Waals surface area contributed by atoms with Gasteiger partial charge in [0, 0.05) is 16.0 Å². The van der Waals surface area contributed by atoms with E-state index in [0.29, 0.717) is 0 Å². The Hall–Kier alpha value is -0.750. The molecule has 4 nitrogen and oxygen atoms in total. The molecule has 0 saturated heterocycles. The first-order chi connectivity index (χ1) is 9.25. The van der Waals surface area contributed by atoms with Gasteiger partial charge >= 0.3 is 12.5 Å². The molecular weight excluding hydrogens is 420 g/mol. The predicted octanol–water partition coefficient (Wildman–Crippen LogP) is 3.82. The molecule has 0 bridgehead atoms. The van der Waals surface area contributed by atoms with Gasteiger partial charge in [0.15, 0.2) is 10.8 Å². The van der Waals surface area contributed by atoms with Gasteiger partial charge in [-0.05, 0) is 6.07 Å². The lowest BCUT2D eigenvalue weighted by atomic mass is 10.2. The topological polar surface area (TPSA) is 56.3 Å². The van der Waals surface area contributed by atoms with Crippen molar-refractivity contribution in [1.29, 1.82) is 0 Å². The van der Waals surface area contributed by atoms with Crippen LogP contribution in [0.2, 0.25) is 0 Å². The zero-order chi connectivity index (χ0) is 16.6. The summed E-state index contributed by atoms with van der Waals surface area (Å²) in [7, 11) is -0.111. The molecule has 13 heteroatoms. The molecule has 0 aliphatic carbocycles. The van der Waals surface area contributed by atoms with E-state index in [0.717, 1.165) is 0 Å². The number of nitrogens with zero attached hydrogens (tertiary/aromatic N) is 1. The summed E-state index contributed by atoms with van der Waals surface area (Å²) in [5, 5.41) is -2.09. The fourth-order valence-electron chi connectivity index (χ4n) is 1.21. The SMILES string of the molecule is O=S(=O)(Cl)c1nc(CBr)c(OC(F)(F)F)cc1C(F)(F)F. The fraction of sp³-hybridized carbons (Fsp3) is 0.375. The Morgan fingerprint density at radius 3 is 2.10 bits per heavy atom. The van der Waals surface area contributed by atoms with Crippen LogP contribution in [0.15, 0.2) is 11.1 Å². The van der Waals surface area contributed by atoms with Crippen LogP contribution in [0.25, 0.3) is 0 Å². The van der Waals surface area contributed by atoms with Crippen LogP contribution in [-0.4, -0.2) is 19.8 Å². The van der Waals surface area contributed by atoms with E-state index < -0.39 is 49.0 Å². The van der Waals surface area contributed by atoms with Gasteiger partial charge in [0.05, 0.1) is 11.3 Å². The summed E-state index contributed by atoms with van der Waals surface area (Å²) >= 11 is 2.66. The third kappa shape index (κ3) is 4.88. The van der Waals surface area contributed by atoms with Crippen LogP contribution in [0.4, 0.5) is 26.3 Å². The zero-order valence-electron chi connectivity index (χ0n) is 9.39. The highest BCUT2D eigenvalue weighted by molar-refractivity contribution is 9.08. The van der Waals surface area contributed by atoms with E-state index in [2.05, 4.69) is 25.7 Å². The second-order valence-electron chi connectivity index (χ2n) is 3.40. The normalized spacial score (nSPS) is 13.3. The van der Waals surface area contributed by atoms with Gasteiger partial charge in [-0.2, -0.15) is 13.2 Å². The maximum Gasteiger partial charge on any atom is 0.573 e. The Balaban J connectivity index is 3.65. The largest absolute Gasteiger partial charge is 0.573 e. The van der Waals surface area contributed by atoms with Crippen LogP contribution in [0.3, 0.4) is 0 Å². The van der Waals surface area contributed by atoms with Crippen molar-refractivity contribution in [2.75, 3.05) is 0 Å². The molecule has 0 saturated carbocycles. The van der Waals surface area contributed by atoms with E-state index in [9.17, 15) is 34.8 Å². The van der Waals surface area contributed by atoms with Crippen LogP contribution in [0, 0.1) is 0 Å². The van der Waals surface area contributed by atoms with E-state index in [4.69, 9.17) is 10.7 Å². The summed E-state index contributed by atoms with van der Waals surface area (Å²) in [4.78, 5) is 3.00. The Morgan fingerprint density at radius 1 is 1.24 bits per heavy atom. The summed E-state index contributed by atoms with van der Waals surface area (Å²) < 4.78 is 100. The monoisotopic (exact) mass is 421 g/mol. The molecule has 1 aromatic rings. The van der Waals surface area contributed by atoms with E-state index in [-0.39, 0.29) is 6.07 Å². The summed E-state index contributed by atoms with van der Waals surface area (Å²) in [5.41, 5.74) is -2.67. The molecule has 0 fully saturated rings. The number of alkyl halides is 7. The van der Waals surface area contributed by atoms with Gasteiger partial charge < -0.3 is 4.74 Å². The average Bonchev–Trinajstić information content (AvgIpc) is 2.23. The predicted molar refractivity (Wildman–Crippen MR) is 61.6 cm³/mol. The number of hydrogen-bond donors (Lipinski definition) is 0. The summed E-state index contributed by atoms with van der Waals surface area (Å²) in [6.45, 7) is 0. The maximum absolute atomic E-state index is 12.7. The lowest BCUT2D eigenvalue weighted by Crippen LogP contribution is -2.21. The minimum Gasteiger partial charge on any atom is -0.404 e. The first-order valence-electron chi connectivity index (χ1n) is 4.63. The van der Waals surface area contributed by atoms with E-state index in [1.54, 1.807) is 0 Å². The van der Waals surface area contributed by atoms with Gasteiger partial charge in [0.2, 0.25) is 0 Å². The minimum absolute atomic E-state index is 0.119. The van der Waals surface area contributed by atoms with Gasteiger partial charge in [-0.3, -0.25) is 0 Å². The molecule has 0 aromatic carbocycles. The molecule has 1 heterocycles. The van der Waals surface area contributed by atoms with Gasteiger partial charge in [-0.15, -0.1) is 13.2 Å². The molecular formula is C8H3BrClF6NO3S. The molecule has 0 aliphatic rings. The molecule has 1 aromatic heterocycles. The number of rotatable bonds is 3. The summed E-state index contributed by atoms with van der Waals surface area (Å²) in [5.74, 6) is -1.28. The molecule has 0 N–H and O–H groups in total. The zero-order valence-corrected chi connectivity index (χ0v) is 12.5. The van der Waals surface area contributed by atoms with Gasteiger partial charge in [-0.1, -0.05) is 15.9 Å². The molecule has 0 atom stereocenters. The molecule has 0 spiro atoms. The van der Waals surface area contributed by atoms with Gasteiger partial charge in [0.1, 0.15) is 0 Å². The van der Waals surface area contributed by atoms with Crippen LogP contribution in [0.5, 0.6) is 5.75 Å². The van der Waals surface area contributed by atoms with E-state index in [1.165, 1.54) is 0 Å². The van der Waals surface area contributed by atoms with E-state index in [1.807, 2.05) is 0 Å².